The molecular weight excluding hydrogens is 253 g/mol. The van der Waals surface area contributed by atoms with Crippen LogP contribution in [-0.2, 0) is 6.42 Å². The van der Waals surface area contributed by atoms with E-state index in [-0.39, 0.29) is 11.1 Å². The van der Waals surface area contributed by atoms with Gasteiger partial charge in [0, 0.05) is 12.4 Å². The molecule has 0 saturated carbocycles. The minimum Gasteiger partial charge on any atom is -0.271 e. The molecular formula is C13H13ClFN3. The van der Waals surface area contributed by atoms with Crippen LogP contribution in [0.5, 0.6) is 0 Å². The third kappa shape index (κ3) is 3.04. The second kappa shape index (κ2) is 5.91. The number of halogens is 2. The van der Waals surface area contributed by atoms with Crippen molar-refractivity contribution in [2.45, 2.75) is 12.5 Å². The summed E-state index contributed by atoms with van der Waals surface area (Å²) in [6, 6.07) is 8.28. The summed E-state index contributed by atoms with van der Waals surface area (Å²) in [6.07, 6.45) is 4.14. The number of aromatic nitrogens is 1. The number of benzene rings is 1. The Kier molecular flexibility index (Phi) is 4.25. The van der Waals surface area contributed by atoms with Gasteiger partial charge in [-0.15, -0.1) is 0 Å². The minimum absolute atomic E-state index is 0.0962. The Morgan fingerprint density at radius 1 is 1.39 bits per heavy atom. The number of rotatable bonds is 4. The van der Waals surface area contributed by atoms with E-state index in [1.54, 1.807) is 24.5 Å². The van der Waals surface area contributed by atoms with Gasteiger partial charge in [-0.3, -0.25) is 16.3 Å². The predicted molar refractivity (Wildman–Crippen MR) is 69.4 cm³/mol. The van der Waals surface area contributed by atoms with E-state index < -0.39 is 5.82 Å². The average molecular weight is 266 g/mol. The van der Waals surface area contributed by atoms with Crippen molar-refractivity contribution in [3.8, 4) is 0 Å². The lowest BCUT2D eigenvalue weighted by Gasteiger charge is -2.16. The van der Waals surface area contributed by atoms with E-state index in [1.165, 1.54) is 6.07 Å². The molecule has 3 nitrogen and oxygen atoms in total. The first-order valence-electron chi connectivity index (χ1n) is 5.50. The van der Waals surface area contributed by atoms with Crippen LogP contribution < -0.4 is 11.3 Å². The molecule has 0 saturated heterocycles. The summed E-state index contributed by atoms with van der Waals surface area (Å²) in [6.45, 7) is 0. The van der Waals surface area contributed by atoms with Gasteiger partial charge in [-0.2, -0.15) is 0 Å². The van der Waals surface area contributed by atoms with Crippen LogP contribution in [0, 0.1) is 5.82 Å². The van der Waals surface area contributed by atoms with E-state index in [9.17, 15) is 4.39 Å². The lowest BCUT2D eigenvalue weighted by atomic mass is 10.0. The molecule has 0 aliphatic heterocycles. The molecule has 2 aromatic rings. The molecule has 5 heteroatoms. The molecule has 0 aliphatic carbocycles. The summed E-state index contributed by atoms with van der Waals surface area (Å²) in [5.41, 5.74) is 4.59. The average Bonchev–Trinajstić information content (AvgIpc) is 2.40. The van der Waals surface area contributed by atoms with Gasteiger partial charge < -0.3 is 0 Å². The van der Waals surface area contributed by atoms with E-state index in [0.29, 0.717) is 6.42 Å². The minimum atomic E-state index is -0.433. The van der Waals surface area contributed by atoms with Crippen molar-refractivity contribution in [1.29, 1.82) is 0 Å². The fraction of sp³-hybridized carbons (Fsp3) is 0.154. The largest absolute Gasteiger partial charge is 0.271 e. The summed E-state index contributed by atoms with van der Waals surface area (Å²) in [5, 5.41) is 0.0962. The Morgan fingerprint density at radius 2 is 2.22 bits per heavy atom. The maximum atomic E-state index is 13.1. The van der Waals surface area contributed by atoms with Crippen LogP contribution in [0.1, 0.15) is 17.2 Å². The molecule has 94 valence electrons. The van der Waals surface area contributed by atoms with E-state index in [1.807, 2.05) is 12.1 Å². The smallest absolute Gasteiger partial charge is 0.141 e. The van der Waals surface area contributed by atoms with Crippen molar-refractivity contribution >= 4 is 11.6 Å². The zero-order chi connectivity index (χ0) is 13.0. The molecule has 0 spiro atoms. The van der Waals surface area contributed by atoms with Crippen LogP contribution in [-0.4, -0.2) is 4.98 Å². The van der Waals surface area contributed by atoms with Crippen molar-refractivity contribution in [2.75, 3.05) is 0 Å². The van der Waals surface area contributed by atoms with Crippen LogP contribution in [0.4, 0.5) is 4.39 Å². The second-order valence-electron chi connectivity index (χ2n) is 3.96. The van der Waals surface area contributed by atoms with Gasteiger partial charge in [-0.25, -0.2) is 4.39 Å². The lowest BCUT2D eigenvalue weighted by Crippen LogP contribution is -2.29. The number of nitrogens with two attached hydrogens (primary N) is 1. The highest BCUT2D eigenvalue weighted by Crippen LogP contribution is 2.22. The van der Waals surface area contributed by atoms with Crippen molar-refractivity contribution in [1.82, 2.24) is 10.4 Å². The molecule has 1 unspecified atom stereocenters. The molecule has 1 aromatic carbocycles. The summed E-state index contributed by atoms with van der Waals surface area (Å²) in [7, 11) is 0. The summed E-state index contributed by atoms with van der Waals surface area (Å²) in [4.78, 5) is 4.04. The summed E-state index contributed by atoms with van der Waals surface area (Å²) in [5.74, 6) is 5.10. The highest BCUT2D eigenvalue weighted by Gasteiger charge is 2.12. The molecule has 0 amide bonds. The number of hydrazine groups is 1. The van der Waals surface area contributed by atoms with Gasteiger partial charge in [-0.1, -0.05) is 23.7 Å². The second-order valence-corrected chi connectivity index (χ2v) is 4.37. The standard InChI is InChI=1S/C13H13ClFN3/c14-11-7-10(3-4-12(11)15)13(18-16)6-9-2-1-5-17-8-9/h1-5,7-8,13,18H,6,16H2. The number of nitrogens with zero attached hydrogens (tertiary/aromatic N) is 1. The summed E-state index contributed by atoms with van der Waals surface area (Å²) >= 11 is 5.76. The van der Waals surface area contributed by atoms with Gasteiger partial charge in [0.25, 0.3) is 0 Å². The molecule has 0 bridgehead atoms. The Labute approximate surface area is 110 Å². The molecule has 1 heterocycles. The van der Waals surface area contributed by atoms with Gasteiger partial charge in [0.1, 0.15) is 5.82 Å². The van der Waals surface area contributed by atoms with E-state index in [4.69, 9.17) is 17.4 Å². The van der Waals surface area contributed by atoms with Crippen LogP contribution in [0.2, 0.25) is 5.02 Å². The quantitative estimate of drug-likeness (QED) is 0.660. The van der Waals surface area contributed by atoms with Crippen LogP contribution in [0.25, 0.3) is 0 Å². The van der Waals surface area contributed by atoms with Gasteiger partial charge in [0.05, 0.1) is 11.1 Å². The van der Waals surface area contributed by atoms with Gasteiger partial charge in [-0.05, 0) is 35.7 Å². The first-order valence-corrected chi connectivity index (χ1v) is 5.88. The topological polar surface area (TPSA) is 50.9 Å². The molecule has 3 N–H and O–H groups in total. The maximum absolute atomic E-state index is 13.1. The number of nitrogens with one attached hydrogen (secondary N) is 1. The first-order chi connectivity index (χ1) is 8.70. The Hall–Kier alpha value is -1.49. The number of hydrogen-bond donors (Lipinski definition) is 2. The monoisotopic (exact) mass is 265 g/mol. The third-order valence-corrected chi connectivity index (χ3v) is 3.00. The lowest BCUT2D eigenvalue weighted by molar-refractivity contribution is 0.548. The fourth-order valence-electron chi connectivity index (χ4n) is 1.76. The van der Waals surface area contributed by atoms with Crippen molar-refractivity contribution in [3.05, 3.63) is 64.7 Å². The molecule has 18 heavy (non-hydrogen) atoms. The molecule has 0 fully saturated rings. The predicted octanol–water partition coefficient (Wildman–Crippen LogP) is 2.62. The molecule has 0 aliphatic rings. The van der Waals surface area contributed by atoms with Gasteiger partial charge in [0.2, 0.25) is 0 Å². The van der Waals surface area contributed by atoms with Crippen molar-refractivity contribution in [3.63, 3.8) is 0 Å². The molecule has 2 rings (SSSR count). The zero-order valence-electron chi connectivity index (χ0n) is 9.61. The summed E-state index contributed by atoms with van der Waals surface area (Å²) < 4.78 is 13.1. The van der Waals surface area contributed by atoms with E-state index in [0.717, 1.165) is 11.1 Å². The first kappa shape index (κ1) is 13.0. The molecule has 1 aromatic heterocycles. The molecule has 0 radical (unpaired) electrons. The van der Waals surface area contributed by atoms with Crippen LogP contribution >= 0.6 is 11.6 Å². The third-order valence-electron chi connectivity index (χ3n) is 2.71. The van der Waals surface area contributed by atoms with Crippen molar-refractivity contribution < 1.29 is 4.39 Å². The Bertz CT molecular complexity index is 519. The van der Waals surface area contributed by atoms with Crippen LogP contribution in [0.15, 0.2) is 42.7 Å². The highest BCUT2D eigenvalue weighted by molar-refractivity contribution is 6.30. The number of pyridine rings is 1. The van der Waals surface area contributed by atoms with Gasteiger partial charge in [0.15, 0.2) is 0 Å². The molecule has 1 atom stereocenters. The highest BCUT2D eigenvalue weighted by atomic mass is 35.5. The SMILES string of the molecule is NNC(Cc1cccnc1)c1ccc(F)c(Cl)c1. The normalized spacial score (nSPS) is 12.4. The Balaban J connectivity index is 2.20. The van der Waals surface area contributed by atoms with Crippen LogP contribution in [0.3, 0.4) is 0 Å². The zero-order valence-corrected chi connectivity index (χ0v) is 10.4. The van der Waals surface area contributed by atoms with E-state index in [2.05, 4.69) is 10.4 Å². The van der Waals surface area contributed by atoms with Crippen molar-refractivity contribution in [2.24, 2.45) is 5.84 Å². The van der Waals surface area contributed by atoms with E-state index >= 15 is 0 Å². The Morgan fingerprint density at radius 3 is 2.83 bits per heavy atom. The van der Waals surface area contributed by atoms with Gasteiger partial charge >= 0.3 is 0 Å². The number of hydrogen-bond acceptors (Lipinski definition) is 3. The maximum Gasteiger partial charge on any atom is 0.141 e. The fourth-order valence-corrected chi connectivity index (χ4v) is 1.95.